The molecule has 0 aliphatic rings. The number of aromatic nitrogens is 3. The van der Waals surface area contributed by atoms with Gasteiger partial charge in [0.2, 0.25) is 0 Å². The summed E-state index contributed by atoms with van der Waals surface area (Å²) in [7, 11) is 0. The van der Waals surface area contributed by atoms with E-state index in [4.69, 9.17) is 11.0 Å². The predicted molar refractivity (Wildman–Crippen MR) is 115 cm³/mol. The van der Waals surface area contributed by atoms with E-state index in [9.17, 15) is 4.39 Å². The average molecular weight is 395 g/mol. The SMILES string of the molecule is C=c1ccc(Cc2cnc3ccc(-c4ccc(F)c(C#N)c4)nn23)c/c1=C/C=C\N. The van der Waals surface area contributed by atoms with Gasteiger partial charge in [-0.2, -0.15) is 10.4 Å². The van der Waals surface area contributed by atoms with Crippen LogP contribution in [0.1, 0.15) is 16.8 Å². The first-order valence-corrected chi connectivity index (χ1v) is 9.29. The Hall–Kier alpha value is -4.24. The molecule has 5 nitrogen and oxygen atoms in total. The van der Waals surface area contributed by atoms with Crippen LogP contribution in [0, 0.1) is 17.1 Å². The van der Waals surface area contributed by atoms with Crippen molar-refractivity contribution in [2.24, 2.45) is 5.73 Å². The van der Waals surface area contributed by atoms with Gasteiger partial charge in [0.15, 0.2) is 5.65 Å². The van der Waals surface area contributed by atoms with Crippen LogP contribution in [0.5, 0.6) is 0 Å². The zero-order valence-corrected chi connectivity index (χ0v) is 16.1. The largest absolute Gasteiger partial charge is 0.405 e. The van der Waals surface area contributed by atoms with Crippen molar-refractivity contribution in [1.29, 1.82) is 5.26 Å². The van der Waals surface area contributed by atoms with Crippen LogP contribution in [0.25, 0.3) is 29.6 Å². The third kappa shape index (κ3) is 3.69. The maximum Gasteiger partial charge on any atom is 0.153 e. The van der Waals surface area contributed by atoms with E-state index in [-0.39, 0.29) is 5.56 Å². The Labute approximate surface area is 172 Å². The Bertz CT molecular complexity index is 1430. The molecule has 0 aliphatic carbocycles. The van der Waals surface area contributed by atoms with Gasteiger partial charge in [-0.15, -0.1) is 0 Å². The molecule has 0 spiro atoms. The first-order valence-electron chi connectivity index (χ1n) is 9.29. The highest BCUT2D eigenvalue weighted by atomic mass is 19.1. The third-order valence-corrected chi connectivity index (χ3v) is 4.80. The topological polar surface area (TPSA) is 80.0 Å². The van der Waals surface area contributed by atoms with Crippen molar-refractivity contribution < 1.29 is 4.39 Å². The van der Waals surface area contributed by atoms with Crippen LogP contribution in [0.15, 0.2) is 67.0 Å². The maximum absolute atomic E-state index is 13.7. The van der Waals surface area contributed by atoms with Crippen molar-refractivity contribution >= 4 is 18.3 Å². The second-order valence-electron chi connectivity index (χ2n) is 6.81. The molecule has 0 saturated heterocycles. The first-order chi connectivity index (χ1) is 14.6. The van der Waals surface area contributed by atoms with Crippen LogP contribution < -0.4 is 16.2 Å². The highest BCUT2D eigenvalue weighted by molar-refractivity contribution is 5.62. The Balaban J connectivity index is 1.74. The minimum absolute atomic E-state index is 0.0103. The molecule has 0 unspecified atom stereocenters. The van der Waals surface area contributed by atoms with Crippen LogP contribution in [-0.2, 0) is 6.42 Å². The summed E-state index contributed by atoms with van der Waals surface area (Å²) in [4.78, 5) is 4.43. The number of allylic oxidation sites excluding steroid dienone is 1. The quantitative estimate of drug-likeness (QED) is 0.576. The van der Waals surface area contributed by atoms with Gasteiger partial charge in [-0.3, -0.25) is 0 Å². The number of hydrogen-bond donors (Lipinski definition) is 1. The summed E-state index contributed by atoms with van der Waals surface area (Å²) in [6.07, 6.45) is 7.58. The molecule has 0 amide bonds. The lowest BCUT2D eigenvalue weighted by Gasteiger charge is -2.06. The normalized spacial score (nSPS) is 11.9. The fourth-order valence-electron chi connectivity index (χ4n) is 3.24. The summed E-state index contributed by atoms with van der Waals surface area (Å²) < 4.78 is 15.4. The molecule has 0 aliphatic heterocycles. The van der Waals surface area contributed by atoms with E-state index in [0.29, 0.717) is 23.3 Å². The fraction of sp³-hybridized carbons (Fsp3) is 0.0417. The number of hydrogen-bond acceptors (Lipinski definition) is 4. The Morgan fingerprint density at radius 3 is 2.83 bits per heavy atom. The maximum atomic E-state index is 13.7. The molecule has 146 valence electrons. The molecule has 4 aromatic rings. The molecular weight excluding hydrogens is 377 g/mol. The Morgan fingerprint density at radius 1 is 1.17 bits per heavy atom. The summed E-state index contributed by atoms with van der Waals surface area (Å²) in [5, 5.41) is 15.7. The van der Waals surface area contributed by atoms with Crippen LogP contribution in [0.4, 0.5) is 4.39 Å². The van der Waals surface area contributed by atoms with E-state index in [1.54, 1.807) is 22.9 Å². The summed E-state index contributed by atoms with van der Waals surface area (Å²) in [5.41, 5.74) is 9.43. The summed E-state index contributed by atoms with van der Waals surface area (Å²) in [6, 6.07) is 16.0. The number of fused-ring (bicyclic) bond motifs is 1. The molecule has 0 atom stereocenters. The molecule has 2 heterocycles. The highest BCUT2D eigenvalue weighted by Gasteiger charge is 2.10. The zero-order chi connectivity index (χ0) is 21.1. The van der Waals surface area contributed by atoms with Gasteiger partial charge in [-0.25, -0.2) is 13.9 Å². The van der Waals surface area contributed by atoms with Crippen molar-refractivity contribution in [3.05, 3.63) is 100 Å². The molecule has 30 heavy (non-hydrogen) atoms. The summed E-state index contributed by atoms with van der Waals surface area (Å²) in [6.45, 7) is 4.04. The monoisotopic (exact) mass is 395 g/mol. The lowest BCUT2D eigenvalue weighted by molar-refractivity contribution is 0.624. The molecule has 0 radical (unpaired) electrons. The lowest BCUT2D eigenvalue weighted by Crippen LogP contribution is -2.23. The molecule has 2 N–H and O–H groups in total. The fourth-order valence-corrected chi connectivity index (χ4v) is 3.24. The van der Waals surface area contributed by atoms with E-state index < -0.39 is 5.82 Å². The van der Waals surface area contributed by atoms with Gasteiger partial charge in [-0.1, -0.05) is 30.9 Å². The number of benzene rings is 2. The van der Waals surface area contributed by atoms with Gasteiger partial charge in [-0.05, 0) is 58.6 Å². The van der Waals surface area contributed by atoms with E-state index in [1.165, 1.54) is 18.3 Å². The molecule has 0 saturated carbocycles. The van der Waals surface area contributed by atoms with Crippen LogP contribution in [0.3, 0.4) is 0 Å². The van der Waals surface area contributed by atoms with Crippen molar-refractivity contribution in [3.63, 3.8) is 0 Å². The number of nitrogens with two attached hydrogens (primary N) is 1. The molecule has 4 rings (SSSR count). The van der Waals surface area contributed by atoms with Crippen molar-refractivity contribution in [1.82, 2.24) is 14.6 Å². The number of halogens is 1. The van der Waals surface area contributed by atoms with Crippen LogP contribution in [-0.4, -0.2) is 14.6 Å². The van der Waals surface area contributed by atoms with E-state index in [1.807, 2.05) is 36.4 Å². The van der Waals surface area contributed by atoms with Crippen molar-refractivity contribution in [3.8, 4) is 17.3 Å². The predicted octanol–water partition coefficient (Wildman–Crippen LogP) is 2.66. The molecule has 6 heteroatoms. The smallest absolute Gasteiger partial charge is 0.153 e. The first kappa shape index (κ1) is 19.1. The molecular formula is C24H18FN5. The molecule has 0 fully saturated rings. The number of nitrogens with zero attached hydrogens (tertiary/aromatic N) is 4. The summed E-state index contributed by atoms with van der Waals surface area (Å²) in [5.74, 6) is -0.545. The molecule has 0 bridgehead atoms. The number of imidazole rings is 1. The van der Waals surface area contributed by atoms with Crippen molar-refractivity contribution in [2.75, 3.05) is 0 Å². The minimum atomic E-state index is -0.545. The standard InChI is InChI=1S/C24H18FN5/c1-16-4-5-17(11-18(16)3-2-10-26)12-21-15-28-24-9-8-23(29-30(21)24)19-6-7-22(25)20(13-19)14-27/h2-11,13,15H,1,12,26H2/b10-2-,18-3-. The highest BCUT2D eigenvalue weighted by Crippen LogP contribution is 2.21. The van der Waals surface area contributed by atoms with Gasteiger partial charge in [0.1, 0.15) is 11.9 Å². The number of rotatable bonds is 4. The zero-order valence-electron chi connectivity index (χ0n) is 16.1. The van der Waals surface area contributed by atoms with E-state index in [2.05, 4.69) is 22.7 Å². The van der Waals surface area contributed by atoms with Crippen molar-refractivity contribution in [2.45, 2.75) is 6.42 Å². The second kappa shape index (κ2) is 8.02. The van der Waals surface area contributed by atoms with Gasteiger partial charge in [0.05, 0.1) is 23.1 Å². The van der Waals surface area contributed by atoms with E-state index in [0.717, 1.165) is 21.7 Å². The Kier molecular flexibility index (Phi) is 5.10. The van der Waals surface area contributed by atoms with Gasteiger partial charge >= 0.3 is 0 Å². The Morgan fingerprint density at radius 2 is 2.03 bits per heavy atom. The van der Waals surface area contributed by atoms with Gasteiger partial charge in [0, 0.05) is 12.0 Å². The average Bonchev–Trinajstić information content (AvgIpc) is 3.16. The van der Waals surface area contributed by atoms with Crippen LogP contribution >= 0.6 is 0 Å². The minimum Gasteiger partial charge on any atom is -0.405 e. The second-order valence-corrected chi connectivity index (χ2v) is 6.81. The lowest BCUT2D eigenvalue weighted by atomic mass is 10.1. The molecule has 2 aromatic heterocycles. The third-order valence-electron chi connectivity index (χ3n) is 4.80. The number of nitriles is 1. The molecule has 2 aromatic carbocycles. The van der Waals surface area contributed by atoms with Crippen LogP contribution in [0.2, 0.25) is 0 Å². The van der Waals surface area contributed by atoms with E-state index >= 15 is 0 Å². The summed E-state index contributed by atoms with van der Waals surface area (Å²) >= 11 is 0. The van der Waals surface area contributed by atoms with Gasteiger partial charge < -0.3 is 5.73 Å². The van der Waals surface area contributed by atoms with Gasteiger partial charge in [0.25, 0.3) is 0 Å².